The maximum Gasteiger partial charge on any atom is 0.264 e. The highest BCUT2D eigenvalue weighted by Gasteiger charge is 2.23. The van der Waals surface area contributed by atoms with Gasteiger partial charge in [-0.2, -0.15) is 0 Å². The second kappa shape index (κ2) is 6.38. The first kappa shape index (κ1) is 15.5. The van der Waals surface area contributed by atoms with E-state index in [0.717, 1.165) is 12.0 Å². The van der Waals surface area contributed by atoms with Crippen LogP contribution in [0, 0.1) is 0 Å². The second-order valence-corrected chi connectivity index (χ2v) is 6.41. The molecular weight excluding hydrogens is 310 g/mol. The number of aromatic hydroxyl groups is 1. The number of carbonyl (C=O) groups is 2. The fraction of sp³-hybridized carbons (Fsp3) is 0.222. The van der Waals surface area contributed by atoms with E-state index >= 15 is 0 Å². The summed E-state index contributed by atoms with van der Waals surface area (Å²) in [4.78, 5) is 26.5. The van der Waals surface area contributed by atoms with Gasteiger partial charge in [0, 0.05) is 18.7 Å². The molecule has 0 spiro atoms. The number of hydrogen-bond donors (Lipinski definition) is 1. The third-order valence-electron chi connectivity index (χ3n) is 3.97. The summed E-state index contributed by atoms with van der Waals surface area (Å²) in [6, 6.07) is 8.80. The molecule has 0 unspecified atom stereocenters. The molecular formula is C18H17NO3S. The molecule has 23 heavy (non-hydrogen) atoms. The molecule has 0 fully saturated rings. The number of rotatable bonds is 3. The Morgan fingerprint density at radius 1 is 1.17 bits per heavy atom. The van der Waals surface area contributed by atoms with Gasteiger partial charge in [0.2, 0.25) is 0 Å². The second-order valence-electron chi connectivity index (χ2n) is 5.50. The van der Waals surface area contributed by atoms with Gasteiger partial charge in [0.1, 0.15) is 10.6 Å². The van der Waals surface area contributed by atoms with E-state index in [-0.39, 0.29) is 17.4 Å². The zero-order valence-electron chi connectivity index (χ0n) is 12.8. The number of thiophene rings is 1. The summed E-state index contributed by atoms with van der Waals surface area (Å²) in [5.74, 6) is 0.0922. The van der Waals surface area contributed by atoms with E-state index in [2.05, 4.69) is 0 Å². The van der Waals surface area contributed by atoms with Gasteiger partial charge in [0.05, 0.1) is 0 Å². The van der Waals surface area contributed by atoms with Crippen molar-refractivity contribution >= 4 is 28.6 Å². The van der Waals surface area contributed by atoms with Gasteiger partial charge in [0.15, 0.2) is 5.78 Å². The Balaban J connectivity index is 1.75. The first-order valence-corrected chi connectivity index (χ1v) is 8.30. The Morgan fingerprint density at radius 3 is 2.52 bits per heavy atom. The Labute approximate surface area is 138 Å². The maximum atomic E-state index is 12.6. The normalized spacial score (nSPS) is 14.5. The lowest BCUT2D eigenvalue weighted by Gasteiger charge is -2.26. The number of phenolic OH excluding ortho intramolecular Hbond substituents is 1. The minimum atomic E-state index is -0.0776. The molecule has 0 atom stereocenters. The predicted molar refractivity (Wildman–Crippen MR) is 90.9 cm³/mol. The van der Waals surface area contributed by atoms with Gasteiger partial charge in [-0.15, -0.1) is 11.3 Å². The largest absolute Gasteiger partial charge is 0.508 e. The number of nitrogens with zero attached hydrogens (tertiary/aromatic N) is 1. The summed E-state index contributed by atoms with van der Waals surface area (Å²) in [7, 11) is 0. The topological polar surface area (TPSA) is 57.6 Å². The van der Waals surface area contributed by atoms with Crippen LogP contribution in [0.25, 0.3) is 5.57 Å². The van der Waals surface area contributed by atoms with E-state index in [1.165, 1.54) is 23.8 Å². The standard InChI is InChI=1S/C18H17NO3S/c1-12(20)16-8-11-23-17(16)18(22)19-9-6-14(7-10-19)13-2-4-15(21)5-3-13/h2-6,8,11,21H,7,9-10H2,1H3. The van der Waals surface area contributed by atoms with Gasteiger partial charge in [-0.1, -0.05) is 18.2 Å². The van der Waals surface area contributed by atoms with Crippen LogP contribution in [0.4, 0.5) is 0 Å². The average Bonchev–Trinajstić information content (AvgIpc) is 3.05. The van der Waals surface area contributed by atoms with Crippen LogP contribution in [0.5, 0.6) is 5.75 Å². The summed E-state index contributed by atoms with van der Waals surface area (Å²) in [6.45, 7) is 2.64. The zero-order valence-corrected chi connectivity index (χ0v) is 13.6. The van der Waals surface area contributed by atoms with Crippen molar-refractivity contribution in [2.24, 2.45) is 0 Å². The van der Waals surface area contributed by atoms with Gasteiger partial charge in [-0.3, -0.25) is 9.59 Å². The Bertz CT molecular complexity index is 774. The molecule has 3 rings (SSSR count). The van der Waals surface area contributed by atoms with Crippen LogP contribution >= 0.6 is 11.3 Å². The SMILES string of the molecule is CC(=O)c1ccsc1C(=O)N1CC=C(c2ccc(O)cc2)CC1. The van der Waals surface area contributed by atoms with Crippen molar-refractivity contribution in [2.75, 3.05) is 13.1 Å². The molecule has 0 saturated heterocycles. The smallest absolute Gasteiger partial charge is 0.264 e. The van der Waals surface area contributed by atoms with Gasteiger partial charge in [-0.05, 0) is 48.1 Å². The lowest BCUT2D eigenvalue weighted by molar-refractivity contribution is 0.0773. The Morgan fingerprint density at radius 2 is 1.91 bits per heavy atom. The van der Waals surface area contributed by atoms with Gasteiger partial charge >= 0.3 is 0 Å². The van der Waals surface area contributed by atoms with E-state index in [4.69, 9.17) is 0 Å². The third-order valence-corrected chi connectivity index (χ3v) is 4.88. The van der Waals surface area contributed by atoms with Crippen LogP contribution in [-0.4, -0.2) is 34.8 Å². The van der Waals surface area contributed by atoms with Crippen molar-refractivity contribution in [3.63, 3.8) is 0 Å². The molecule has 1 aliphatic heterocycles. The predicted octanol–water partition coefficient (Wildman–Crippen LogP) is 3.59. The van der Waals surface area contributed by atoms with Crippen LogP contribution in [-0.2, 0) is 0 Å². The number of amides is 1. The van der Waals surface area contributed by atoms with Gasteiger partial charge < -0.3 is 10.0 Å². The van der Waals surface area contributed by atoms with Gasteiger partial charge in [0.25, 0.3) is 5.91 Å². The van der Waals surface area contributed by atoms with Crippen LogP contribution in [0.1, 0.15) is 38.9 Å². The summed E-state index contributed by atoms with van der Waals surface area (Å²) in [5, 5.41) is 11.1. The van der Waals surface area contributed by atoms with Crippen molar-refractivity contribution in [3.05, 3.63) is 57.8 Å². The highest BCUT2D eigenvalue weighted by Crippen LogP contribution is 2.26. The molecule has 1 N–H and O–H groups in total. The maximum absolute atomic E-state index is 12.6. The minimum Gasteiger partial charge on any atom is -0.508 e. The number of phenols is 1. The van der Waals surface area contributed by atoms with Crippen LogP contribution < -0.4 is 0 Å². The van der Waals surface area contributed by atoms with Crippen molar-refractivity contribution in [1.82, 2.24) is 4.90 Å². The molecule has 1 aliphatic rings. The van der Waals surface area contributed by atoms with E-state index in [1.807, 2.05) is 18.2 Å². The molecule has 4 nitrogen and oxygen atoms in total. The fourth-order valence-electron chi connectivity index (χ4n) is 2.69. The summed E-state index contributed by atoms with van der Waals surface area (Å²) >= 11 is 1.32. The van der Waals surface area contributed by atoms with Crippen LogP contribution in [0.2, 0.25) is 0 Å². The molecule has 1 amide bonds. The van der Waals surface area contributed by atoms with Gasteiger partial charge in [-0.25, -0.2) is 0 Å². The van der Waals surface area contributed by atoms with Crippen LogP contribution in [0.3, 0.4) is 0 Å². The van der Waals surface area contributed by atoms with E-state index in [0.29, 0.717) is 23.5 Å². The molecule has 1 aromatic heterocycles. The molecule has 0 radical (unpaired) electrons. The Hall–Kier alpha value is -2.40. The number of benzene rings is 1. The number of ketones is 1. The number of hydrogen-bond acceptors (Lipinski definition) is 4. The van der Waals surface area contributed by atoms with Crippen molar-refractivity contribution in [2.45, 2.75) is 13.3 Å². The first-order chi connectivity index (χ1) is 11.1. The number of Topliss-reactive ketones (excluding diaryl/α,β-unsaturated/α-hetero) is 1. The minimum absolute atomic E-state index is 0.0769. The number of carbonyl (C=O) groups excluding carboxylic acids is 2. The highest BCUT2D eigenvalue weighted by molar-refractivity contribution is 7.12. The van der Waals surface area contributed by atoms with Crippen LogP contribution in [0.15, 0.2) is 41.8 Å². The van der Waals surface area contributed by atoms with Crippen molar-refractivity contribution < 1.29 is 14.7 Å². The van der Waals surface area contributed by atoms with E-state index in [1.54, 1.807) is 28.5 Å². The molecule has 5 heteroatoms. The quantitative estimate of drug-likeness (QED) is 0.877. The first-order valence-electron chi connectivity index (χ1n) is 7.42. The fourth-order valence-corrected chi connectivity index (χ4v) is 3.60. The molecule has 2 heterocycles. The van der Waals surface area contributed by atoms with Crippen molar-refractivity contribution in [1.29, 1.82) is 0 Å². The molecule has 1 aromatic carbocycles. The molecule has 0 saturated carbocycles. The molecule has 2 aromatic rings. The Kier molecular flexibility index (Phi) is 4.30. The average molecular weight is 327 g/mol. The van der Waals surface area contributed by atoms with Crippen molar-refractivity contribution in [3.8, 4) is 5.75 Å². The summed E-state index contributed by atoms with van der Waals surface area (Å²) < 4.78 is 0. The highest BCUT2D eigenvalue weighted by atomic mass is 32.1. The lowest BCUT2D eigenvalue weighted by atomic mass is 9.99. The lowest BCUT2D eigenvalue weighted by Crippen LogP contribution is -2.34. The monoisotopic (exact) mass is 327 g/mol. The van der Waals surface area contributed by atoms with E-state index in [9.17, 15) is 14.7 Å². The van der Waals surface area contributed by atoms with E-state index < -0.39 is 0 Å². The summed E-state index contributed by atoms with van der Waals surface area (Å²) in [6.07, 6.45) is 2.80. The third kappa shape index (κ3) is 3.19. The molecule has 118 valence electrons. The molecule has 0 aliphatic carbocycles. The zero-order chi connectivity index (χ0) is 16.4. The summed E-state index contributed by atoms with van der Waals surface area (Å²) in [5.41, 5.74) is 2.75. The molecule has 0 bridgehead atoms.